The minimum atomic E-state index is -0.818. The molecule has 0 aromatic carbocycles. The molecule has 0 aliphatic rings. The van der Waals surface area contributed by atoms with Gasteiger partial charge in [0, 0.05) is 5.75 Å². The first-order valence-corrected chi connectivity index (χ1v) is 4.92. The summed E-state index contributed by atoms with van der Waals surface area (Å²) in [7, 11) is 0. The van der Waals surface area contributed by atoms with Crippen LogP contribution in [0.1, 0.15) is 26.2 Å². The molecule has 0 spiro atoms. The Hall–Kier alpha value is -0.220. The van der Waals surface area contributed by atoms with E-state index in [9.17, 15) is 4.79 Å². The number of hydrogen-bond donors (Lipinski definition) is 3. The van der Waals surface area contributed by atoms with Crippen molar-refractivity contribution in [3.05, 3.63) is 0 Å². The molecule has 0 aromatic rings. The molecule has 0 bridgehead atoms. The maximum absolute atomic E-state index is 10.5. The van der Waals surface area contributed by atoms with E-state index in [1.807, 2.05) is 0 Å². The first kappa shape index (κ1) is 11.8. The second kappa shape index (κ2) is 7.43. The van der Waals surface area contributed by atoms with E-state index in [1.165, 1.54) is 0 Å². The molecule has 12 heavy (non-hydrogen) atoms. The van der Waals surface area contributed by atoms with Gasteiger partial charge in [0.1, 0.15) is 6.04 Å². The van der Waals surface area contributed by atoms with E-state index >= 15 is 0 Å². The number of hydrogen-bond acceptors (Lipinski definition) is 3. The fraction of sp³-hybridized carbons (Fsp3) is 0.875. The fourth-order valence-corrected chi connectivity index (χ4v) is 1.17. The molecular formula is C8H17NO2S. The van der Waals surface area contributed by atoms with Gasteiger partial charge in [-0.15, -0.1) is 0 Å². The van der Waals surface area contributed by atoms with Crippen molar-refractivity contribution in [2.45, 2.75) is 32.2 Å². The summed E-state index contributed by atoms with van der Waals surface area (Å²) in [6, 6.07) is -0.495. The van der Waals surface area contributed by atoms with Gasteiger partial charge in [0.25, 0.3) is 0 Å². The topological polar surface area (TPSA) is 49.3 Å². The Labute approximate surface area is 79.0 Å². The van der Waals surface area contributed by atoms with Crippen LogP contribution in [0.15, 0.2) is 0 Å². The summed E-state index contributed by atoms with van der Waals surface area (Å²) in [6.45, 7) is 2.89. The van der Waals surface area contributed by atoms with Crippen LogP contribution in [0.3, 0.4) is 0 Å². The Morgan fingerprint density at radius 1 is 1.58 bits per heavy atom. The zero-order valence-corrected chi connectivity index (χ0v) is 8.31. The highest BCUT2D eigenvalue weighted by Gasteiger charge is 2.12. The predicted molar refractivity (Wildman–Crippen MR) is 52.8 cm³/mol. The van der Waals surface area contributed by atoms with E-state index in [4.69, 9.17) is 5.11 Å². The van der Waals surface area contributed by atoms with Crippen LogP contribution in [0.25, 0.3) is 0 Å². The average Bonchev–Trinajstić information content (AvgIpc) is 2.04. The molecule has 0 aliphatic heterocycles. The summed E-state index contributed by atoms with van der Waals surface area (Å²) < 4.78 is 0. The number of thiol groups is 1. The number of unbranched alkanes of at least 4 members (excludes halogenated alkanes) is 2. The minimum Gasteiger partial charge on any atom is -0.480 e. The molecule has 2 N–H and O–H groups in total. The predicted octanol–water partition coefficient (Wildman–Crippen LogP) is 1.15. The quantitative estimate of drug-likeness (QED) is 0.418. The van der Waals surface area contributed by atoms with Gasteiger partial charge in [0.2, 0.25) is 0 Å². The van der Waals surface area contributed by atoms with Crippen LogP contribution in [0.5, 0.6) is 0 Å². The molecule has 0 aliphatic carbocycles. The van der Waals surface area contributed by atoms with Crippen LogP contribution < -0.4 is 5.32 Å². The Morgan fingerprint density at radius 3 is 2.67 bits per heavy atom. The monoisotopic (exact) mass is 191 g/mol. The van der Waals surface area contributed by atoms with Gasteiger partial charge >= 0.3 is 5.97 Å². The summed E-state index contributed by atoms with van der Waals surface area (Å²) in [4.78, 5) is 10.5. The van der Waals surface area contributed by atoms with Crippen LogP contribution in [-0.4, -0.2) is 29.4 Å². The Bertz CT molecular complexity index is 130. The number of carboxylic acids is 1. The fourth-order valence-electron chi connectivity index (χ4n) is 0.881. The SMILES string of the molecule is CCCCCNC(CS)C(=O)O. The third kappa shape index (κ3) is 5.43. The maximum atomic E-state index is 10.5. The van der Waals surface area contributed by atoms with Crippen LogP contribution in [0.2, 0.25) is 0 Å². The van der Waals surface area contributed by atoms with Crippen molar-refractivity contribution in [3.8, 4) is 0 Å². The van der Waals surface area contributed by atoms with Crippen LogP contribution in [-0.2, 0) is 4.79 Å². The Kier molecular flexibility index (Phi) is 7.29. The van der Waals surface area contributed by atoms with Gasteiger partial charge in [-0.1, -0.05) is 19.8 Å². The highest BCUT2D eigenvalue weighted by Crippen LogP contribution is 1.93. The molecule has 1 unspecified atom stereocenters. The molecule has 1 atom stereocenters. The Balaban J connectivity index is 3.38. The van der Waals surface area contributed by atoms with Crippen LogP contribution in [0, 0.1) is 0 Å². The molecule has 0 fully saturated rings. The van der Waals surface area contributed by atoms with Gasteiger partial charge in [-0.2, -0.15) is 12.6 Å². The molecule has 0 amide bonds. The van der Waals surface area contributed by atoms with Crippen molar-refractivity contribution < 1.29 is 9.90 Å². The lowest BCUT2D eigenvalue weighted by Crippen LogP contribution is -2.38. The molecule has 0 radical (unpaired) electrons. The summed E-state index contributed by atoms with van der Waals surface area (Å²) >= 11 is 3.94. The molecule has 0 aromatic heterocycles. The van der Waals surface area contributed by atoms with Crippen molar-refractivity contribution in [2.75, 3.05) is 12.3 Å². The lowest BCUT2D eigenvalue weighted by atomic mass is 10.2. The van der Waals surface area contributed by atoms with E-state index < -0.39 is 12.0 Å². The summed E-state index contributed by atoms with van der Waals surface area (Å²) in [6.07, 6.45) is 3.33. The van der Waals surface area contributed by atoms with Gasteiger partial charge in [0.05, 0.1) is 0 Å². The molecule has 3 nitrogen and oxygen atoms in total. The van der Waals surface area contributed by atoms with E-state index in [-0.39, 0.29) is 0 Å². The molecule has 0 saturated carbocycles. The summed E-state index contributed by atoms with van der Waals surface area (Å²) in [5.41, 5.74) is 0. The molecule has 72 valence electrons. The van der Waals surface area contributed by atoms with E-state index in [0.717, 1.165) is 25.8 Å². The second-order valence-electron chi connectivity index (χ2n) is 2.73. The zero-order valence-electron chi connectivity index (χ0n) is 7.42. The van der Waals surface area contributed by atoms with Crippen molar-refractivity contribution in [1.29, 1.82) is 0 Å². The Morgan fingerprint density at radius 2 is 2.25 bits per heavy atom. The number of carboxylic acid groups (broad SMARTS) is 1. The normalized spacial score (nSPS) is 12.8. The molecule has 0 saturated heterocycles. The van der Waals surface area contributed by atoms with Crippen molar-refractivity contribution in [3.63, 3.8) is 0 Å². The molecule has 0 heterocycles. The van der Waals surface area contributed by atoms with E-state index in [2.05, 4.69) is 24.9 Å². The smallest absolute Gasteiger partial charge is 0.321 e. The first-order chi connectivity index (χ1) is 5.72. The summed E-state index contributed by atoms with van der Waals surface area (Å²) in [5, 5.41) is 11.5. The molecule has 4 heteroatoms. The van der Waals surface area contributed by atoms with Gasteiger partial charge < -0.3 is 10.4 Å². The van der Waals surface area contributed by atoms with Crippen LogP contribution >= 0.6 is 12.6 Å². The van der Waals surface area contributed by atoms with Gasteiger partial charge in [0.15, 0.2) is 0 Å². The van der Waals surface area contributed by atoms with Crippen LogP contribution in [0.4, 0.5) is 0 Å². The van der Waals surface area contributed by atoms with E-state index in [1.54, 1.807) is 0 Å². The third-order valence-electron chi connectivity index (χ3n) is 1.65. The standard InChI is InChI=1S/C8H17NO2S/c1-2-3-4-5-9-7(6-12)8(10)11/h7,9,12H,2-6H2,1H3,(H,10,11). The summed E-state index contributed by atoms with van der Waals surface area (Å²) in [5.74, 6) is -0.469. The second-order valence-corrected chi connectivity index (χ2v) is 3.10. The number of rotatable bonds is 7. The van der Waals surface area contributed by atoms with E-state index in [0.29, 0.717) is 5.75 Å². The van der Waals surface area contributed by atoms with Crippen molar-refractivity contribution in [1.82, 2.24) is 5.32 Å². The maximum Gasteiger partial charge on any atom is 0.321 e. The third-order valence-corrected chi connectivity index (χ3v) is 2.02. The number of aliphatic carboxylic acids is 1. The lowest BCUT2D eigenvalue weighted by Gasteiger charge is -2.10. The average molecular weight is 191 g/mol. The van der Waals surface area contributed by atoms with Gasteiger partial charge in [-0.05, 0) is 13.0 Å². The highest BCUT2D eigenvalue weighted by molar-refractivity contribution is 7.80. The molecular weight excluding hydrogens is 174 g/mol. The highest BCUT2D eigenvalue weighted by atomic mass is 32.1. The largest absolute Gasteiger partial charge is 0.480 e. The van der Waals surface area contributed by atoms with Crippen molar-refractivity contribution >= 4 is 18.6 Å². The van der Waals surface area contributed by atoms with Crippen molar-refractivity contribution in [2.24, 2.45) is 0 Å². The molecule has 0 rings (SSSR count). The minimum absolute atomic E-state index is 0.349. The lowest BCUT2D eigenvalue weighted by molar-refractivity contribution is -0.138. The first-order valence-electron chi connectivity index (χ1n) is 4.29. The van der Waals surface area contributed by atoms with Gasteiger partial charge in [-0.3, -0.25) is 4.79 Å². The van der Waals surface area contributed by atoms with Gasteiger partial charge in [-0.25, -0.2) is 0 Å². The number of nitrogens with one attached hydrogen (secondary N) is 1. The number of carbonyl (C=O) groups is 1. The zero-order chi connectivity index (χ0) is 9.40.